The summed E-state index contributed by atoms with van der Waals surface area (Å²) in [7, 11) is 0. The molecule has 2 aliphatic rings. The van der Waals surface area contributed by atoms with Crippen LogP contribution in [0, 0.1) is 0 Å². The van der Waals surface area contributed by atoms with E-state index in [1.54, 1.807) is 5.56 Å². The highest BCUT2D eigenvalue weighted by atomic mass is 16.3. The minimum Gasteiger partial charge on any atom is -0.387 e. The second-order valence-electron chi connectivity index (χ2n) is 5.49. The molecule has 1 aromatic rings. The van der Waals surface area contributed by atoms with Gasteiger partial charge < -0.3 is 10.8 Å². The van der Waals surface area contributed by atoms with Crippen LogP contribution in [0.2, 0.25) is 0 Å². The van der Waals surface area contributed by atoms with Gasteiger partial charge in [0.15, 0.2) is 0 Å². The number of hydrogen-bond donors (Lipinski definition) is 2. The Balaban J connectivity index is 2.08. The molecule has 0 aromatic heterocycles. The number of aliphatic hydroxyl groups is 1. The average molecular weight is 231 g/mol. The van der Waals surface area contributed by atoms with Gasteiger partial charge in [-0.25, -0.2) is 0 Å². The van der Waals surface area contributed by atoms with Crippen molar-refractivity contribution in [3.63, 3.8) is 0 Å². The normalized spacial score (nSPS) is 21.1. The van der Waals surface area contributed by atoms with Crippen LogP contribution in [0.1, 0.15) is 60.0 Å². The Hall–Kier alpha value is -0.860. The van der Waals surface area contributed by atoms with Crippen LogP contribution in [0.15, 0.2) is 12.1 Å². The molecule has 1 aromatic carbocycles. The van der Waals surface area contributed by atoms with Crippen LogP contribution in [-0.4, -0.2) is 11.7 Å². The van der Waals surface area contributed by atoms with Gasteiger partial charge in [-0.1, -0.05) is 12.1 Å². The smallest absolute Gasteiger partial charge is 0.0912 e. The maximum Gasteiger partial charge on any atom is 0.0912 e. The van der Waals surface area contributed by atoms with Crippen LogP contribution in [0.25, 0.3) is 0 Å². The first-order valence-electron chi connectivity index (χ1n) is 6.83. The first-order chi connectivity index (χ1) is 8.29. The van der Waals surface area contributed by atoms with E-state index in [0.717, 1.165) is 11.5 Å². The third-order valence-electron chi connectivity index (χ3n) is 4.39. The Labute approximate surface area is 103 Å². The zero-order chi connectivity index (χ0) is 11.8. The van der Waals surface area contributed by atoms with Gasteiger partial charge in [0, 0.05) is 6.54 Å². The predicted molar refractivity (Wildman–Crippen MR) is 69.1 cm³/mol. The fourth-order valence-electron chi connectivity index (χ4n) is 3.58. The number of nitrogens with two attached hydrogens (primary N) is 1. The maximum atomic E-state index is 9.91. The van der Waals surface area contributed by atoms with E-state index in [1.165, 1.54) is 49.7 Å². The molecular weight excluding hydrogens is 210 g/mol. The molecule has 0 aliphatic heterocycles. The molecule has 0 bridgehead atoms. The van der Waals surface area contributed by atoms with Crippen LogP contribution in [0.5, 0.6) is 0 Å². The molecule has 2 heteroatoms. The van der Waals surface area contributed by atoms with Gasteiger partial charge in [0.05, 0.1) is 6.10 Å². The highest BCUT2D eigenvalue weighted by molar-refractivity contribution is 5.45. The van der Waals surface area contributed by atoms with E-state index in [2.05, 4.69) is 12.1 Å². The summed E-state index contributed by atoms with van der Waals surface area (Å²) >= 11 is 0. The van der Waals surface area contributed by atoms with Crippen LogP contribution in [0.4, 0.5) is 0 Å². The number of benzene rings is 1. The highest BCUT2D eigenvalue weighted by Gasteiger charge is 2.27. The van der Waals surface area contributed by atoms with Crippen molar-refractivity contribution in [1.82, 2.24) is 0 Å². The molecule has 92 valence electrons. The third-order valence-corrected chi connectivity index (χ3v) is 4.39. The molecule has 0 amide bonds. The van der Waals surface area contributed by atoms with Crippen molar-refractivity contribution < 1.29 is 5.11 Å². The van der Waals surface area contributed by atoms with E-state index in [0.29, 0.717) is 6.54 Å². The van der Waals surface area contributed by atoms with Crippen LogP contribution < -0.4 is 5.73 Å². The zero-order valence-corrected chi connectivity index (χ0v) is 10.3. The molecule has 3 N–H and O–H groups in total. The number of aryl methyl sites for hydroxylation is 2. The van der Waals surface area contributed by atoms with Crippen molar-refractivity contribution in [3.8, 4) is 0 Å². The largest absolute Gasteiger partial charge is 0.387 e. The van der Waals surface area contributed by atoms with Gasteiger partial charge in [0.25, 0.3) is 0 Å². The standard InChI is InChI=1S/C15H21NO/c16-9-14(17)13-7-11-5-1-3-10-4-2-6-12(8-13)15(10)11/h7-8,10,14,17H,1-6,9,16H2. The van der Waals surface area contributed by atoms with Gasteiger partial charge in [0.2, 0.25) is 0 Å². The highest BCUT2D eigenvalue weighted by Crippen LogP contribution is 2.42. The Morgan fingerprint density at radius 3 is 2.29 bits per heavy atom. The van der Waals surface area contributed by atoms with Gasteiger partial charge in [-0.3, -0.25) is 0 Å². The van der Waals surface area contributed by atoms with E-state index < -0.39 is 6.10 Å². The molecule has 0 fully saturated rings. The monoisotopic (exact) mass is 231 g/mol. The Bertz CT molecular complexity index is 396. The number of aliphatic hydroxyl groups excluding tert-OH is 1. The van der Waals surface area contributed by atoms with Gasteiger partial charge in [-0.05, 0) is 66.7 Å². The summed E-state index contributed by atoms with van der Waals surface area (Å²) in [6.07, 6.45) is 7.21. The summed E-state index contributed by atoms with van der Waals surface area (Å²) in [4.78, 5) is 0. The average Bonchev–Trinajstić information content (AvgIpc) is 2.38. The number of hydrogen-bond acceptors (Lipinski definition) is 2. The van der Waals surface area contributed by atoms with Crippen molar-refractivity contribution in [3.05, 3.63) is 34.4 Å². The van der Waals surface area contributed by atoms with Gasteiger partial charge in [-0.2, -0.15) is 0 Å². The predicted octanol–water partition coefficient (Wildman–Crippen LogP) is 2.43. The van der Waals surface area contributed by atoms with Gasteiger partial charge in [-0.15, -0.1) is 0 Å². The fraction of sp³-hybridized carbons (Fsp3) is 0.600. The van der Waals surface area contributed by atoms with Crippen molar-refractivity contribution >= 4 is 0 Å². The molecule has 0 heterocycles. The molecule has 17 heavy (non-hydrogen) atoms. The van der Waals surface area contributed by atoms with Gasteiger partial charge >= 0.3 is 0 Å². The van der Waals surface area contributed by atoms with Crippen LogP contribution in [-0.2, 0) is 12.8 Å². The summed E-state index contributed by atoms with van der Waals surface area (Å²) < 4.78 is 0. The Kier molecular flexibility index (Phi) is 2.93. The molecule has 1 atom stereocenters. The lowest BCUT2D eigenvalue weighted by atomic mass is 9.72. The topological polar surface area (TPSA) is 46.2 Å². The second kappa shape index (κ2) is 4.43. The number of rotatable bonds is 2. The van der Waals surface area contributed by atoms with E-state index >= 15 is 0 Å². The van der Waals surface area contributed by atoms with Crippen LogP contribution >= 0.6 is 0 Å². The van der Waals surface area contributed by atoms with Crippen molar-refractivity contribution in [2.24, 2.45) is 5.73 Å². The molecule has 0 spiro atoms. The summed E-state index contributed by atoms with van der Waals surface area (Å²) in [6, 6.07) is 4.40. The lowest BCUT2D eigenvalue weighted by molar-refractivity contribution is 0.186. The summed E-state index contributed by atoms with van der Waals surface area (Å²) in [5.74, 6) is 0.798. The first kappa shape index (κ1) is 11.2. The molecule has 3 rings (SSSR count). The maximum absolute atomic E-state index is 9.91. The van der Waals surface area contributed by atoms with Crippen molar-refractivity contribution in [2.75, 3.05) is 6.54 Å². The quantitative estimate of drug-likeness (QED) is 0.821. The van der Waals surface area contributed by atoms with E-state index in [1.807, 2.05) is 0 Å². The summed E-state index contributed by atoms with van der Waals surface area (Å²) in [6.45, 7) is 0.321. The molecule has 2 aliphatic carbocycles. The molecule has 0 saturated carbocycles. The Morgan fingerprint density at radius 2 is 1.76 bits per heavy atom. The molecule has 0 saturated heterocycles. The van der Waals surface area contributed by atoms with E-state index in [-0.39, 0.29) is 0 Å². The van der Waals surface area contributed by atoms with Crippen molar-refractivity contribution in [2.45, 2.75) is 50.5 Å². The molecular formula is C15H21NO. The first-order valence-corrected chi connectivity index (χ1v) is 6.83. The van der Waals surface area contributed by atoms with E-state index in [4.69, 9.17) is 5.73 Å². The van der Waals surface area contributed by atoms with Crippen molar-refractivity contribution in [1.29, 1.82) is 0 Å². The van der Waals surface area contributed by atoms with Gasteiger partial charge in [0.1, 0.15) is 0 Å². The van der Waals surface area contributed by atoms with E-state index in [9.17, 15) is 5.11 Å². The summed E-state index contributed by atoms with van der Waals surface area (Å²) in [5.41, 5.74) is 11.2. The molecule has 2 nitrogen and oxygen atoms in total. The van der Waals surface area contributed by atoms with Crippen LogP contribution in [0.3, 0.4) is 0 Å². The minimum absolute atomic E-state index is 0.321. The third kappa shape index (κ3) is 1.90. The molecule has 1 unspecified atom stereocenters. The lowest BCUT2D eigenvalue weighted by Crippen LogP contribution is -2.19. The zero-order valence-electron chi connectivity index (χ0n) is 10.3. The second-order valence-corrected chi connectivity index (χ2v) is 5.49. The Morgan fingerprint density at radius 1 is 1.18 bits per heavy atom. The summed E-state index contributed by atoms with van der Waals surface area (Å²) in [5, 5.41) is 9.91. The molecule has 0 radical (unpaired) electrons. The minimum atomic E-state index is -0.487. The SMILES string of the molecule is NCC(O)c1cc2c3c(c1)CCCC3CCC2. The lowest BCUT2D eigenvalue weighted by Gasteiger charge is -2.33. The fourth-order valence-corrected chi connectivity index (χ4v) is 3.58.